The molecule has 0 fully saturated rings. The molecule has 0 heterocycles. The van der Waals surface area contributed by atoms with Crippen LogP contribution in [0.3, 0.4) is 0 Å². The van der Waals surface area contributed by atoms with Crippen molar-refractivity contribution in [2.45, 2.75) is 11.5 Å². The van der Waals surface area contributed by atoms with E-state index < -0.39 is 15.8 Å². The van der Waals surface area contributed by atoms with Crippen molar-refractivity contribution in [3.8, 4) is 0 Å². The molecule has 0 aliphatic carbocycles. The maximum atomic E-state index is 12.1. The highest BCUT2D eigenvalue weighted by atomic mass is 35.5. The van der Waals surface area contributed by atoms with Gasteiger partial charge in [-0.2, -0.15) is 0 Å². The van der Waals surface area contributed by atoms with Gasteiger partial charge in [0.05, 0.1) is 16.5 Å². The SMILES string of the molecule is Nc1ccc(S(=O)(=O)COCc2ccccc2)c(Cl)c1. The van der Waals surface area contributed by atoms with E-state index in [9.17, 15) is 8.42 Å². The molecule has 0 atom stereocenters. The normalized spacial score (nSPS) is 11.4. The monoisotopic (exact) mass is 311 g/mol. The Balaban J connectivity index is 2.04. The minimum Gasteiger partial charge on any atom is -0.399 e. The van der Waals surface area contributed by atoms with Gasteiger partial charge in [-0.15, -0.1) is 0 Å². The van der Waals surface area contributed by atoms with Crippen molar-refractivity contribution < 1.29 is 13.2 Å². The Kier molecular flexibility index (Phi) is 4.65. The third kappa shape index (κ3) is 3.72. The van der Waals surface area contributed by atoms with Crippen molar-refractivity contribution in [2.75, 3.05) is 11.7 Å². The van der Waals surface area contributed by atoms with Crippen molar-refractivity contribution in [3.05, 3.63) is 59.1 Å². The number of nitrogen functional groups attached to an aromatic ring is 1. The molecule has 0 aliphatic heterocycles. The average molecular weight is 312 g/mol. The molecule has 2 rings (SSSR count). The molecule has 2 aromatic rings. The summed E-state index contributed by atoms with van der Waals surface area (Å²) < 4.78 is 29.5. The lowest BCUT2D eigenvalue weighted by molar-refractivity contribution is 0.163. The number of rotatable bonds is 5. The van der Waals surface area contributed by atoms with Gasteiger partial charge in [0, 0.05) is 5.69 Å². The second-order valence-corrected chi connectivity index (χ2v) is 6.57. The van der Waals surface area contributed by atoms with Gasteiger partial charge in [-0.05, 0) is 23.8 Å². The molecule has 0 saturated heterocycles. The van der Waals surface area contributed by atoms with Crippen LogP contribution < -0.4 is 5.73 Å². The van der Waals surface area contributed by atoms with Crippen LogP contribution >= 0.6 is 11.6 Å². The summed E-state index contributed by atoms with van der Waals surface area (Å²) in [5, 5.41) is 0.105. The van der Waals surface area contributed by atoms with Gasteiger partial charge in [-0.25, -0.2) is 8.42 Å². The maximum Gasteiger partial charge on any atom is 0.203 e. The predicted octanol–water partition coefficient (Wildman–Crippen LogP) is 2.87. The number of hydrogen-bond acceptors (Lipinski definition) is 4. The largest absolute Gasteiger partial charge is 0.399 e. The Labute approximate surface area is 123 Å². The van der Waals surface area contributed by atoms with E-state index in [-0.39, 0.29) is 16.5 Å². The van der Waals surface area contributed by atoms with Gasteiger partial charge in [0.15, 0.2) is 5.94 Å². The van der Waals surface area contributed by atoms with Crippen molar-refractivity contribution in [2.24, 2.45) is 0 Å². The zero-order chi connectivity index (χ0) is 14.6. The smallest absolute Gasteiger partial charge is 0.203 e. The van der Waals surface area contributed by atoms with Gasteiger partial charge in [0.2, 0.25) is 9.84 Å². The van der Waals surface area contributed by atoms with Gasteiger partial charge in [0.1, 0.15) is 0 Å². The molecule has 0 aliphatic rings. The molecule has 2 aromatic carbocycles. The molecule has 4 nitrogen and oxygen atoms in total. The Bertz CT molecular complexity index is 687. The Morgan fingerprint density at radius 3 is 2.45 bits per heavy atom. The molecular weight excluding hydrogens is 298 g/mol. The molecule has 2 N–H and O–H groups in total. The first-order valence-electron chi connectivity index (χ1n) is 5.88. The highest BCUT2D eigenvalue weighted by molar-refractivity contribution is 7.91. The van der Waals surface area contributed by atoms with Crippen LogP contribution in [-0.4, -0.2) is 14.4 Å². The molecular formula is C14H14ClNO3S. The first kappa shape index (κ1) is 14.8. The van der Waals surface area contributed by atoms with E-state index in [0.717, 1.165) is 5.56 Å². The van der Waals surface area contributed by atoms with E-state index in [4.69, 9.17) is 22.1 Å². The molecule has 20 heavy (non-hydrogen) atoms. The molecule has 6 heteroatoms. The van der Waals surface area contributed by atoms with Crippen LogP contribution in [0.1, 0.15) is 5.56 Å². The topological polar surface area (TPSA) is 69.4 Å². The van der Waals surface area contributed by atoms with Gasteiger partial charge in [-0.3, -0.25) is 0 Å². The van der Waals surface area contributed by atoms with Crippen molar-refractivity contribution >= 4 is 27.1 Å². The second kappa shape index (κ2) is 6.26. The zero-order valence-corrected chi connectivity index (χ0v) is 12.2. The average Bonchev–Trinajstić information content (AvgIpc) is 2.39. The van der Waals surface area contributed by atoms with Crippen molar-refractivity contribution in [1.82, 2.24) is 0 Å². The summed E-state index contributed by atoms with van der Waals surface area (Å²) in [6.45, 7) is 0.229. The van der Waals surface area contributed by atoms with E-state index in [1.54, 1.807) is 0 Å². The first-order chi connectivity index (χ1) is 9.49. The molecule has 0 amide bonds. The number of benzene rings is 2. The molecule has 0 radical (unpaired) electrons. The summed E-state index contributed by atoms with van der Waals surface area (Å²) in [5.41, 5.74) is 6.86. The van der Waals surface area contributed by atoms with Crippen LogP contribution in [0.5, 0.6) is 0 Å². The van der Waals surface area contributed by atoms with Gasteiger partial charge >= 0.3 is 0 Å². The van der Waals surface area contributed by atoms with Gasteiger partial charge < -0.3 is 10.5 Å². The highest BCUT2D eigenvalue weighted by Gasteiger charge is 2.18. The van der Waals surface area contributed by atoms with Crippen LogP contribution in [0, 0.1) is 0 Å². The summed E-state index contributed by atoms with van der Waals surface area (Å²) in [4.78, 5) is 0.0291. The van der Waals surface area contributed by atoms with Crippen LogP contribution in [0.25, 0.3) is 0 Å². The maximum absolute atomic E-state index is 12.1. The molecule has 0 unspecified atom stereocenters. The van der Waals surface area contributed by atoms with Crippen molar-refractivity contribution in [1.29, 1.82) is 0 Å². The van der Waals surface area contributed by atoms with E-state index >= 15 is 0 Å². The number of nitrogens with two attached hydrogens (primary N) is 1. The Morgan fingerprint density at radius 2 is 1.80 bits per heavy atom. The predicted molar refractivity (Wildman–Crippen MR) is 79.1 cm³/mol. The molecule has 106 valence electrons. The van der Waals surface area contributed by atoms with Crippen LogP contribution in [0.4, 0.5) is 5.69 Å². The number of anilines is 1. The second-order valence-electron chi connectivity index (χ2n) is 4.26. The summed E-state index contributed by atoms with van der Waals surface area (Å²) in [6, 6.07) is 13.6. The van der Waals surface area contributed by atoms with Crippen LogP contribution in [0.2, 0.25) is 5.02 Å². The highest BCUT2D eigenvalue weighted by Crippen LogP contribution is 2.24. The molecule has 0 bridgehead atoms. The fraction of sp³-hybridized carbons (Fsp3) is 0.143. The lowest BCUT2D eigenvalue weighted by Crippen LogP contribution is -2.11. The Hall–Kier alpha value is -1.56. The minimum absolute atomic E-state index is 0.0291. The molecule has 0 saturated carbocycles. The number of halogens is 1. The number of ether oxygens (including phenoxy) is 1. The molecule has 0 aromatic heterocycles. The number of sulfone groups is 1. The summed E-state index contributed by atoms with van der Waals surface area (Å²) in [5.74, 6) is -0.425. The first-order valence-corrected chi connectivity index (χ1v) is 7.91. The molecule has 0 spiro atoms. The van der Waals surface area contributed by atoms with Crippen LogP contribution in [0.15, 0.2) is 53.4 Å². The lowest BCUT2D eigenvalue weighted by Gasteiger charge is -2.08. The standard InChI is InChI=1S/C14H14ClNO3S/c15-13-8-12(16)6-7-14(13)20(17,18)10-19-9-11-4-2-1-3-5-11/h1-8H,9-10,16H2. The third-order valence-corrected chi connectivity index (χ3v) is 4.57. The van der Waals surface area contributed by atoms with E-state index in [0.29, 0.717) is 5.69 Å². The summed E-state index contributed by atoms with van der Waals surface area (Å²) in [6.07, 6.45) is 0. The zero-order valence-electron chi connectivity index (χ0n) is 10.6. The minimum atomic E-state index is -3.59. The van der Waals surface area contributed by atoms with E-state index in [2.05, 4.69) is 0 Å². The summed E-state index contributed by atoms with van der Waals surface area (Å²) in [7, 11) is -3.59. The van der Waals surface area contributed by atoms with Crippen LogP contribution in [-0.2, 0) is 21.2 Å². The fourth-order valence-electron chi connectivity index (χ4n) is 1.68. The lowest BCUT2D eigenvalue weighted by atomic mass is 10.2. The Morgan fingerprint density at radius 1 is 1.10 bits per heavy atom. The fourth-order valence-corrected chi connectivity index (χ4v) is 3.28. The van der Waals surface area contributed by atoms with Gasteiger partial charge in [-0.1, -0.05) is 41.9 Å². The number of hydrogen-bond donors (Lipinski definition) is 1. The van der Waals surface area contributed by atoms with Gasteiger partial charge in [0.25, 0.3) is 0 Å². The van der Waals surface area contributed by atoms with Crippen molar-refractivity contribution in [3.63, 3.8) is 0 Å². The third-order valence-electron chi connectivity index (χ3n) is 2.64. The summed E-state index contributed by atoms with van der Waals surface area (Å²) >= 11 is 5.90. The van der Waals surface area contributed by atoms with E-state index in [1.807, 2.05) is 30.3 Å². The van der Waals surface area contributed by atoms with E-state index in [1.165, 1.54) is 18.2 Å². The quantitative estimate of drug-likeness (QED) is 0.862.